The lowest BCUT2D eigenvalue weighted by atomic mass is 10.2. The van der Waals surface area contributed by atoms with Gasteiger partial charge in [0.25, 0.3) is 5.91 Å². The van der Waals surface area contributed by atoms with Gasteiger partial charge in [-0.15, -0.1) is 12.6 Å². The van der Waals surface area contributed by atoms with E-state index < -0.39 is 0 Å². The highest BCUT2D eigenvalue weighted by atomic mass is 79.9. The first-order valence-electron chi connectivity index (χ1n) is 4.83. The maximum Gasteiger partial charge on any atom is 0.252 e. The molecule has 0 aliphatic rings. The maximum absolute atomic E-state index is 11.8. The quantitative estimate of drug-likeness (QED) is 0.857. The Kier molecular flexibility index (Phi) is 3.86. The van der Waals surface area contributed by atoms with E-state index in [-0.39, 0.29) is 5.91 Å². The molecule has 0 aliphatic carbocycles. The molecular formula is C11H9BrN2O2S. The lowest BCUT2D eigenvalue weighted by Gasteiger charge is -2.05. The van der Waals surface area contributed by atoms with Crippen molar-refractivity contribution in [1.29, 1.82) is 0 Å². The average molecular weight is 313 g/mol. The van der Waals surface area contributed by atoms with Crippen LogP contribution >= 0.6 is 28.6 Å². The summed E-state index contributed by atoms with van der Waals surface area (Å²) in [6.45, 7) is 0.308. The standard InChI is InChI=1S/C11H9BrN2O2S/c12-7-1-2-9(10(17)5-7)11(15)13-6-8-3-4-14-16-8/h1-5,17H,6H2,(H,13,15). The summed E-state index contributed by atoms with van der Waals surface area (Å²) in [6, 6.07) is 6.97. The van der Waals surface area contributed by atoms with Crippen molar-refractivity contribution in [3.63, 3.8) is 0 Å². The molecule has 6 heteroatoms. The van der Waals surface area contributed by atoms with E-state index >= 15 is 0 Å². The minimum Gasteiger partial charge on any atom is -0.360 e. The SMILES string of the molecule is O=C(NCc1ccno1)c1ccc(Br)cc1S. The van der Waals surface area contributed by atoms with Crippen molar-refractivity contribution in [3.05, 3.63) is 46.3 Å². The van der Waals surface area contributed by atoms with Gasteiger partial charge < -0.3 is 9.84 Å². The lowest BCUT2D eigenvalue weighted by Crippen LogP contribution is -2.22. The summed E-state index contributed by atoms with van der Waals surface area (Å²) < 4.78 is 5.76. The first kappa shape index (κ1) is 12.2. The van der Waals surface area contributed by atoms with Crippen LogP contribution in [0.5, 0.6) is 0 Å². The summed E-state index contributed by atoms with van der Waals surface area (Å²) in [6.07, 6.45) is 1.53. The summed E-state index contributed by atoms with van der Waals surface area (Å²) in [5.41, 5.74) is 0.524. The number of nitrogens with zero attached hydrogens (tertiary/aromatic N) is 1. The van der Waals surface area contributed by atoms with Crippen LogP contribution in [-0.4, -0.2) is 11.1 Å². The van der Waals surface area contributed by atoms with Crippen LogP contribution in [0.3, 0.4) is 0 Å². The summed E-state index contributed by atoms with van der Waals surface area (Å²) in [5, 5.41) is 6.28. The van der Waals surface area contributed by atoms with E-state index in [1.807, 2.05) is 0 Å². The van der Waals surface area contributed by atoms with Gasteiger partial charge >= 0.3 is 0 Å². The number of aromatic nitrogens is 1. The molecule has 0 saturated carbocycles. The predicted molar refractivity (Wildman–Crippen MR) is 69.1 cm³/mol. The molecule has 0 unspecified atom stereocenters. The number of hydrogen-bond acceptors (Lipinski definition) is 4. The van der Waals surface area contributed by atoms with E-state index in [0.717, 1.165) is 4.47 Å². The number of rotatable bonds is 3. The van der Waals surface area contributed by atoms with Gasteiger partial charge in [0.1, 0.15) is 0 Å². The summed E-state index contributed by atoms with van der Waals surface area (Å²) in [4.78, 5) is 12.5. The molecule has 1 aromatic heterocycles. The molecule has 17 heavy (non-hydrogen) atoms. The van der Waals surface area contributed by atoms with Gasteiger partial charge in [0.2, 0.25) is 0 Å². The number of amides is 1. The fourth-order valence-electron chi connectivity index (χ4n) is 1.29. The van der Waals surface area contributed by atoms with E-state index in [2.05, 4.69) is 39.0 Å². The third-order valence-corrected chi connectivity index (χ3v) is 2.98. The van der Waals surface area contributed by atoms with Crippen molar-refractivity contribution in [2.45, 2.75) is 11.4 Å². The number of hydrogen-bond donors (Lipinski definition) is 2. The second-order valence-electron chi connectivity index (χ2n) is 3.32. The highest BCUT2D eigenvalue weighted by Crippen LogP contribution is 2.19. The van der Waals surface area contributed by atoms with E-state index in [1.54, 1.807) is 24.3 Å². The molecule has 0 aliphatic heterocycles. The second-order valence-corrected chi connectivity index (χ2v) is 4.72. The van der Waals surface area contributed by atoms with E-state index in [1.165, 1.54) is 6.20 Å². The Balaban J connectivity index is 2.04. The highest BCUT2D eigenvalue weighted by Gasteiger charge is 2.10. The number of nitrogens with one attached hydrogen (secondary N) is 1. The van der Waals surface area contributed by atoms with Gasteiger partial charge in [-0.25, -0.2) is 0 Å². The van der Waals surface area contributed by atoms with E-state index in [4.69, 9.17) is 4.52 Å². The van der Waals surface area contributed by atoms with Crippen molar-refractivity contribution in [2.75, 3.05) is 0 Å². The van der Waals surface area contributed by atoms with Crippen LogP contribution < -0.4 is 5.32 Å². The molecular weight excluding hydrogens is 304 g/mol. The van der Waals surface area contributed by atoms with Crippen LogP contribution in [0, 0.1) is 0 Å². The molecule has 1 amide bonds. The molecule has 0 saturated heterocycles. The number of carbonyl (C=O) groups excluding carboxylic acids is 1. The van der Waals surface area contributed by atoms with Gasteiger partial charge in [0.15, 0.2) is 5.76 Å². The summed E-state index contributed by atoms with van der Waals surface area (Å²) in [7, 11) is 0. The van der Waals surface area contributed by atoms with Crippen molar-refractivity contribution < 1.29 is 9.32 Å². The monoisotopic (exact) mass is 312 g/mol. The molecule has 88 valence electrons. The third kappa shape index (κ3) is 3.10. The van der Waals surface area contributed by atoms with Gasteiger partial charge in [0.05, 0.1) is 18.3 Å². The first-order chi connectivity index (χ1) is 8.16. The van der Waals surface area contributed by atoms with Gasteiger partial charge in [-0.3, -0.25) is 4.79 Å². The fourth-order valence-corrected chi connectivity index (χ4v) is 2.15. The minimum absolute atomic E-state index is 0.195. The number of benzene rings is 1. The van der Waals surface area contributed by atoms with Gasteiger partial charge in [-0.05, 0) is 18.2 Å². The molecule has 2 aromatic rings. The van der Waals surface area contributed by atoms with Gasteiger partial charge in [-0.1, -0.05) is 21.1 Å². The second kappa shape index (κ2) is 5.37. The van der Waals surface area contributed by atoms with Crippen molar-refractivity contribution >= 4 is 34.5 Å². The Morgan fingerprint density at radius 2 is 2.29 bits per heavy atom. The first-order valence-corrected chi connectivity index (χ1v) is 6.07. The molecule has 0 bridgehead atoms. The number of thiol groups is 1. The van der Waals surface area contributed by atoms with Crippen LogP contribution in [0.1, 0.15) is 16.1 Å². The predicted octanol–water partition coefficient (Wildman–Crippen LogP) is 2.66. The highest BCUT2D eigenvalue weighted by molar-refractivity contribution is 9.10. The van der Waals surface area contributed by atoms with Crippen LogP contribution in [0.25, 0.3) is 0 Å². The Bertz CT molecular complexity index is 528. The minimum atomic E-state index is -0.195. The van der Waals surface area contributed by atoms with Crippen LogP contribution in [0.2, 0.25) is 0 Å². The van der Waals surface area contributed by atoms with Crippen molar-refractivity contribution in [1.82, 2.24) is 10.5 Å². The zero-order chi connectivity index (χ0) is 12.3. The normalized spacial score (nSPS) is 10.2. The molecule has 2 rings (SSSR count). The Labute approximate surface area is 112 Å². The van der Waals surface area contributed by atoms with Crippen LogP contribution in [0.4, 0.5) is 0 Å². The third-order valence-electron chi connectivity index (χ3n) is 2.12. The Hall–Kier alpha value is -1.27. The number of halogens is 1. The smallest absolute Gasteiger partial charge is 0.252 e. The molecule has 1 aromatic carbocycles. The number of carbonyl (C=O) groups is 1. The molecule has 0 fully saturated rings. The lowest BCUT2D eigenvalue weighted by molar-refractivity contribution is 0.0944. The Morgan fingerprint density at radius 3 is 2.94 bits per heavy atom. The van der Waals surface area contributed by atoms with Gasteiger partial charge in [-0.2, -0.15) is 0 Å². The van der Waals surface area contributed by atoms with E-state index in [0.29, 0.717) is 22.8 Å². The largest absolute Gasteiger partial charge is 0.360 e. The summed E-state index contributed by atoms with van der Waals surface area (Å²) >= 11 is 7.56. The van der Waals surface area contributed by atoms with Crippen LogP contribution in [-0.2, 0) is 6.54 Å². The van der Waals surface area contributed by atoms with E-state index in [9.17, 15) is 4.79 Å². The topological polar surface area (TPSA) is 55.1 Å². The maximum atomic E-state index is 11.8. The van der Waals surface area contributed by atoms with Crippen LogP contribution in [0.15, 0.2) is 44.4 Å². The molecule has 0 spiro atoms. The van der Waals surface area contributed by atoms with Gasteiger partial charge in [0, 0.05) is 15.4 Å². The van der Waals surface area contributed by atoms with Crippen molar-refractivity contribution in [3.8, 4) is 0 Å². The zero-order valence-electron chi connectivity index (χ0n) is 8.68. The zero-order valence-corrected chi connectivity index (χ0v) is 11.2. The molecule has 1 heterocycles. The molecule has 0 atom stereocenters. The Morgan fingerprint density at radius 1 is 1.47 bits per heavy atom. The fraction of sp³-hybridized carbons (Fsp3) is 0.0909. The average Bonchev–Trinajstić information content (AvgIpc) is 2.78. The molecule has 4 nitrogen and oxygen atoms in total. The summed E-state index contributed by atoms with van der Waals surface area (Å²) in [5.74, 6) is 0.412. The van der Waals surface area contributed by atoms with Crippen molar-refractivity contribution in [2.24, 2.45) is 0 Å². The molecule has 0 radical (unpaired) electrons. The molecule has 1 N–H and O–H groups in total.